The van der Waals surface area contributed by atoms with E-state index < -0.39 is 0 Å². The Labute approximate surface area is 90.5 Å². The number of anilines is 1. The summed E-state index contributed by atoms with van der Waals surface area (Å²) in [6, 6.07) is 0. The SMILES string of the molecule is CN(CCN)c1ncnc2c1CCCC2. The zero-order valence-corrected chi connectivity index (χ0v) is 9.24. The lowest BCUT2D eigenvalue weighted by Crippen LogP contribution is -2.28. The third-order valence-electron chi connectivity index (χ3n) is 2.93. The van der Waals surface area contributed by atoms with Crippen LogP contribution in [-0.4, -0.2) is 30.1 Å². The maximum atomic E-state index is 5.56. The molecule has 0 amide bonds. The Bertz CT molecular complexity index is 337. The summed E-state index contributed by atoms with van der Waals surface area (Å²) in [6.45, 7) is 1.51. The van der Waals surface area contributed by atoms with Gasteiger partial charge in [-0.1, -0.05) is 0 Å². The predicted octanol–water partition coefficient (Wildman–Crippen LogP) is 0.750. The van der Waals surface area contributed by atoms with E-state index in [1.807, 2.05) is 7.05 Å². The number of nitrogens with two attached hydrogens (primary N) is 1. The Kier molecular flexibility index (Phi) is 3.16. The van der Waals surface area contributed by atoms with Crippen LogP contribution < -0.4 is 10.6 Å². The number of hydrogen-bond acceptors (Lipinski definition) is 4. The van der Waals surface area contributed by atoms with Gasteiger partial charge >= 0.3 is 0 Å². The van der Waals surface area contributed by atoms with Gasteiger partial charge < -0.3 is 10.6 Å². The van der Waals surface area contributed by atoms with Gasteiger partial charge in [-0.3, -0.25) is 0 Å². The lowest BCUT2D eigenvalue weighted by Gasteiger charge is -2.23. The number of nitrogens with zero attached hydrogens (tertiary/aromatic N) is 3. The fraction of sp³-hybridized carbons (Fsp3) is 0.636. The van der Waals surface area contributed by atoms with E-state index in [9.17, 15) is 0 Å². The Hall–Kier alpha value is -1.16. The first-order valence-electron chi connectivity index (χ1n) is 5.57. The van der Waals surface area contributed by atoms with E-state index in [0.29, 0.717) is 6.54 Å². The third kappa shape index (κ3) is 2.09. The molecule has 0 unspecified atom stereocenters. The average molecular weight is 206 g/mol. The van der Waals surface area contributed by atoms with Gasteiger partial charge in [0.25, 0.3) is 0 Å². The zero-order valence-electron chi connectivity index (χ0n) is 9.24. The van der Waals surface area contributed by atoms with Crippen LogP contribution in [0.1, 0.15) is 24.1 Å². The van der Waals surface area contributed by atoms with Crippen molar-refractivity contribution in [3.05, 3.63) is 17.6 Å². The molecule has 1 aromatic rings. The Balaban J connectivity index is 2.30. The summed E-state index contributed by atoms with van der Waals surface area (Å²) in [5.74, 6) is 1.07. The zero-order chi connectivity index (χ0) is 10.7. The van der Waals surface area contributed by atoms with Gasteiger partial charge in [-0.05, 0) is 25.7 Å². The number of aryl methyl sites for hydroxylation is 1. The molecule has 4 heteroatoms. The van der Waals surface area contributed by atoms with E-state index in [1.54, 1.807) is 6.33 Å². The summed E-state index contributed by atoms with van der Waals surface area (Å²) >= 11 is 0. The standard InChI is InChI=1S/C11H18N4/c1-15(7-6-12)11-9-4-2-3-5-10(9)13-8-14-11/h8H,2-7,12H2,1H3. The van der Waals surface area contributed by atoms with Crippen molar-refractivity contribution in [2.45, 2.75) is 25.7 Å². The Morgan fingerprint density at radius 2 is 2.13 bits per heavy atom. The maximum Gasteiger partial charge on any atom is 0.135 e. The van der Waals surface area contributed by atoms with Crippen LogP contribution >= 0.6 is 0 Å². The molecule has 2 rings (SSSR count). The van der Waals surface area contributed by atoms with Crippen molar-refractivity contribution in [2.24, 2.45) is 5.73 Å². The average Bonchev–Trinajstić information content (AvgIpc) is 2.28. The van der Waals surface area contributed by atoms with Gasteiger partial charge in [-0.25, -0.2) is 9.97 Å². The molecule has 15 heavy (non-hydrogen) atoms. The van der Waals surface area contributed by atoms with Crippen LogP contribution in [0.4, 0.5) is 5.82 Å². The second kappa shape index (κ2) is 4.57. The largest absolute Gasteiger partial charge is 0.358 e. The summed E-state index contributed by atoms with van der Waals surface area (Å²) in [5.41, 5.74) is 8.12. The summed E-state index contributed by atoms with van der Waals surface area (Å²) in [6.07, 6.45) is 6.39. The van der Waals surface area contributed by atoms with E-state index in [2.05, 4.69) is 14.9 Å². The number of hydrogen-bond donors (Lipinski definition) is 1. The summed E-state index contributed by atoms with van der Waals surface area (Å²) in [4.78, 5) is 10.9. The normalized spacial score (nSPS) is 14.8. The molecule has 1 aromatic heterocycles. The van der Waals surface area contributed by atoms with Crippen LogP contribution in [0.3, 0.4) is 0 Å². The molecule has 0 aliphatic heterocycles. The van der Waals surface area contributed by atoms with Crippen LogP contribution in [0.5, 0.6) is 0 Å². The predicted molar refractivity (Wildman–Crippen MR) is 61.0 cm³/mol. The number of rotatable bonds is 3. The summed E-state index contributed by atoms with van der Waals surface area (Å²) < 4.78 is 0. The number of fused-ring (bicyclic) bond motifs is 1. The minimum Gasteiger partial charge on any atom is -0.358 e. The molecule has 1 aliphatic rings. The minimum absolute atomic E-state index is 0.662. The highest BCUT2D eigenvalue weighted by Crippen LogP contribution is 2.25. The van der Waals surface area contributed by atoms with Crippen molar-refractivity contribution >= 4 is 5.82 Å². The molecule has 1 aliphatic carbocycles. The molecule has 2 N–H and O–H groups in total. The van der Waals surface area contributed by atoms with Gasteiger partial charge in [-0.2, -0.15) is 0 Å². The molecule has 82 valence electrons. The molecule has 0 bridgehead atoms. The Morgan fingerprint density at radius 3 is 2.93 bits per heavy atom. The highest BCUT2D eigenvalue weighted by Gasteiger charge is 2.17. The quantitative estimate of drug-likeness (QED) is 0.793. The van der Waals surface area contributed by atoms with Crippen molar-refractivity contribution in [3.8, 4) is 0 Å². The number of aromatic nitrogens is 2. The van der Waals surface area contributed by atoms with Crippen LogP contribution in [0, 0.1) is 0 Å². The summed E-state index contributed by atoms with van der Waals surface area (Å²) in [7, 11) is 2.05. The molecule has 0 fully saturated rings. The molecule has 0 radical (unpaired) electrons. The molecule has 0 atom stereocenters. The molecule has 4 nitrogen and oxygen atoms in total. The molecular weight excluding hydrogens is 188 g/mol. The molecule has 0 saturated heterocycles. The molecule has 0 aromatic carbocycles. The lowest BCUT2D eigenvalue weighted by molar-refractivity contribution is 0.658. The highest BCUT2D eigenvalue weighted by atomic mass is 15.2. The van der Waals surface area contributed by atoms with Crippen molar-refractivity contribution in [1.29, 1.82) is 0 Å². The van der Waals surface area contributed by atoms with E-state index in [4.69, 9.17) is 5.73 Å². The van der Waals surface area contributed by atoms with Crippen LogP contribution in [0.15, 0.2) is 6.33 Å². The highest BCUT2D eigenvalue weighted by molar-refractivity contribution is 5.48. The van der Waals surface area contributed by atoms with Crippen molar-refractivity contribution in [3.63, 3.8) is 0 Å². The Morgan fingerprint density at radius 1 is 1.33 bits per heavy atom. The molecule has 1 heterocycles. The summed E-state index contributed by atoms with van der Waals surface area (Å²) in [5, 5.41) is 0. The van der Waals surface area contributed by atoms with Gasteiger partial charge in [-0.15, -0.1) is 0 Å². The second-order valence-corrected chi connectivity index (χ2v) is 4.04. The van der Waals surface area contributed by atoms with E-state index >= 15 is 0 Å². The van der Waals surface area contributed by atoms with Gasteiger partial charge in [0, 0.05) is 31.4 Å². The first-order chi connectivity index (χ1) is 7.33. The van der Waals surface area contributed by atoms with Crippen LogP contribution in [0.2, 0.25) is 0 Å². The fourth-order valence-electron chi connectivity index (χ4n) is 2.13. The molecule has 0 saturated carbocycles. The number of likely N-dealkylation sites (N-methyl/N-ethyl adjacent to an activating group) is 1. The molecule has 0 spiro atoms. The van der Waals surface area contributed by atoms with Gasteiger partial charge in [0.2, 0.25) is 0 Å². The smallest absolute Gasteiger partial charge is 0.135 e. The van der Waals surface area contributed by atoms with Crippen molar-refractivity contribution in [1.82, 2.24) is 9.97 Å². The minimum atomic E-state index is 0.662. The lowest BCUT2D eigenvalue weighted by atomic mass is 9.96. The first kappa shape index (κ1) is 10.4. The van der Waals surface area contributed by atoms with Crippen molar-refractivity contribution < 1.29 is 0 Å². The second-order valence-electron chi connectivity index (χ2n) is 4.04. The van der Waals surface area contributed by atoms with Gasteiger partial charge in [0.05, 0.1) is 0 Å². The monoisotopic (exact) mass is 206 g/mol. The maximum absolute atomic E-state index is 5.56. The topological polar surface area (TPSA) is 55.0 Å². The van der Waals surface area contributed by atoms with E-state index in [-0.39, 0.29) is 0 Å². The first-order valence-corrected chi connectivity index (χ1v) is 5.57. The molecular formula is C11H18N4. The van der Waals surface area contributed by atoms with Gasteiger partial charge in [0.1, 0.15) is 12.1 Å². The van der Waals surface area contributed by atoms with Gasteiger partial charge in [0.15, 0.2) is 0 Å². The third-order valence-corrected chi connectivity index (χ3v) is 2.93. The van der Waals surface area contributed by atoms with E-state index in [1.165, 1.54) is 24.1 Å². The van der Waals surface area contributed by atoms with E-state index in [0.717, 1.165) is 25.2 Å². The van der Waals surface area contributed by atoms with Crippen molar-refractivity contribution in [2.75, 3.05) is 25.0 Å². The van der Waals surface area contributed by atoms with Crippen LogP contribution in [-0.2, 0) is 12.8 Å². The fourth-order valence-corrected chi connectivity index (χ4v) is 2.13. The van der Waals surface area contributed by atoms with Crippen LogP contribution in [0.25, 0.3) is 0 Å².